The van der Waals surface area contributed by atoms with Crippen molar-refractivity contribution in [2.75, 3.05) is 18.4 Å². The summed E-state index contributed by atoms with van der Waals surface area (Å²) in [4.78, 5) is 7.20. The van der Waals surface area contributed by atoms with Crippen LogP contribution in [-0.4, -0.2) is 29.0 Å². The highest BCUT2D eigenvalue weighted by Gasteiger charge is 2.21. The van der Waals surface area contributed by atoms with Crippen molar-refractivity contribution in [1.29, 1.82) is 0 Å². The number of thiazole rings is 1. The van der Waals surface area contributed by atoms with Crippen LogP contribution in [0.5, 0.6) is 0 Å². The molecule has 1 saturated heterocycles. The fourth-order valence-corrected chi connectivity index (χ4v) is 3.95. The molecule has 1 fully saturated rings. The number of nitrogens with zero attached hydrogens (tertiary/aromatic N) is 2. The molecule has 2 aromatic rings. The van der Waals surface area contributed by atoms with E-state index < -0.39 is 0 Å². The van der Waals surface area contributed by atoms with E-state index in [-0.39, 0.29) is 5.82 Å². The molecule has 1 aliphatic heterocycles. The highest BCUT2D eigenvalue weighted by atomic mass is 32.1. The average Bonchev–Trinajstić information content (AvgIpc) is 2.99. The lowest BCUT2D eigenvalue weighted by molar-refractivity contribution is 0.208. The van der Waals surface area contributed by atoms with Crippen molar-refractivity contribution in [3.8, 4) is 0 Å². The van der Waals surface area contributed by atoms with Gasteiger partial charge in [0.25, 0.3) is 0 Å². The number of anilines is 1. The molecule has 3 rings (SSSR count). The first-order valence-corrected chi connectivity index (χ1v) is 9.17. The summed E-state index contributed by atoms with van der Waals surface area (Å²) in [5.41, 5.74) is 2.19. The first-order chi connectivity index (χ1) is 11.1. The predicted molar refractivity (Wildman–Crippen MR) is 94.5 cm³/mol. The number of likely N-dealkylation sites (tertiary alicyclic amines) is 1. The molecule has 0 unspecified atom stereocenters. The van der Waals surface area contributed by atoms with E-state index >= 15 is 0 Å². The maximum atomic E-state index is 13.0. The van der Waals surface area contributed by atoms with Crippen LogP contribution in [0.4, 0.5) is 10.1 Å². The van der Waals surface area contributed by atoms with E-state index in [0.29, 0.717) is 12.0 Å². The van der Waals surface area contributed by atoms with Crippen LogP contribution in [0.1, 0.15) is 43.3 Å². The largest absolute Gasteiger partial charge is 0.381 e. The summed E-state index contributed by atoms with van der Waals surface area (Å²) in [6, 6.07) is 7.05. The molecule has 23 heavy (non-hydrogen) atoms. The number of benzene rings is 1. The SMILES string of the molecule is CC(C)c1csc(CN2CCC[C@@H](Nc3ccc(F)cc3)C2)n1. The van der Waals surface area contributed by atoms with Gasteiger partial charge in [-0.05, 0) is 49.6 Å². The molecule has 2 heterocycles. The molecule has 0 radical (unpaired) electrons. The number of piperidine rings is 1. The van der Waals surface area contributed by atoms with Crippen molar-refractivity contribution in [2.45, 2.75) is 45.2 Å². The minimum absolute atomic E-state index is 0.189. The number of hydrogen-bond donors (Lipinski definition) is 1. The summed E-state index contributed by atoms with van der Waals surface area (Å²) in [7, 11) is 0. The van der Waals surface area contributed by atoms with Gasteiger partial charge in [-0.15, -0.1) is 11.3 Å². The van der Waals surface area contributed by atoms with Gasteiger partial charge in [-0.3, -0.25) is 4.90 Å². The van der Waals surface area contributed by atoms with Gasteiger partial charge < -0.3 is 5.32 Å². The zero-order chi connectivity index (χ0) is 16.2. The minimum Gasteiger partial charge on any atom is -0.381 e. The Bertz CT molecular complexity index is 623. The second-order valence-electron chi connectivity index (χ2n) is 6.55. The van der Waals surface area contributed by atoms with Crippen molar-refractivity contribution in [3.05, 3.63) is 46.2 Å². The topological polar surface area (TPSA) is 28.2 Å². The minimum atomic E-state index is -0.189. The van der Waals surface area contributed by atoms with Gasteiger partial charge in [0, 0.05) is 23.7 Å². The third-order valence-corrected chi connectivity index (χ3v) is 5.09. The standard InChI is InChI=1S/C18H24FN3S/c1-13(2)17-12-23-18(21-17)11-22-9-3-4-16(10-22)20-15-7-5-14(19)6-8-15/h5-8,12-13,16,20H,3-4,9-11H2,1-2H3/t16-/m1/s1. The van der Waals surface area contributed by atoms with Crippen LogP contribution in [0.15, 0.2) is 29.6 Å². The first kappa shape index (κ1) is 16.4. The van der Waals surface area contributed by atoms with Gasteiger partial charge in [0.05, 0.1) is 12.2 Å². The molecule has 1 aromatic carbocycles. The second-order valence-corrected chi connectivity index (χ2v) is 7.49. The van der Waals surface area contributed by atoms with Crippen molar-refractivity contribution >= 4 is 17.0 Å². The highest BCUT2D eigenvalue weighted by Crippen LogP contribution is 2.22. The number of nitrogens with one attached hydrogen (secondary N) is 1. The lowest BCUT2D eigenvalue weighted by Gasteiger charge is -2.33. The third kappa shape index (κ3) is 4.52. The van der Waals surface area contributed by atoms with Crippen LogP contribution in [0.25, 0.3) is 0 Å². The molecular formula is C18H24FN3S. The zero-order valence-corrected chi connectivity index (χ0v) is 14.6. The smallest absolute Gasteiger partial charge is 0.123 e. The monoisotopic (exact) mass is 333 g/mol. The summed E-state index contributed by atoms with van der Waals surface area (Å²) in [6.45, 7) is 7.43. The molecule has 1 N–H and O–H groups in total. The van der Waals surface area contributed by atoms with E-state index in [1.54, 1.807) is 11.3 Å². The summed E-state index contributed by atoms with van der Waals surface area (Å²) < 4.78 is 13.0. The summed E-state index contributed by atoms with van der Waals surface area (Å²) in [5, 5.41) is 6.91. The van der Waals surface area contributed by atoms with E-state index in [1.807, 2.05) is 12.1 Å². The van der Waals surface area contributed by atoms with Gasteiger partial charge in [-0.25, -0.2) is 9.37 Å². The molecule has 0 amide bonds. The fraction of sp³-hybridized carbons (Fsp3) is 0.500. The van der Waals surface area contributed by atoms with Crippen molar-refractivity contribution in [3.63, 3.8) is 0 Å². The number of hydrogen-bond acceptors (Lipinski definition) is 4. The van der Waals surface area contributed by atoms with E-state index in [0.717, 1.165) is 31.7 Å². The molecule has 1 atom stereocenters. The number of halogens is 1. The summed E-state index contributed by atoms with van der Waals surface area (Å²) in [6.07, 6.45) is 2.34. The Morgan fingerprint density at radius 1 is 1.35 bits per heavy atom. The lowest BCUT2D eigenvalue weighted by Crippen LogP contribution is -2.41. The van der Waals surface area contributed by atoms with Gasteiger partial charge in [0.1, 0.15) is 10.8 Å². The van der Waals surface area contributed by atoms with Gasteiger partial charge >= 0.3 is 0 Å². The third-order valence-electron chi connectivity index (χ3n) is 4.24. The Labute approximate surface area is 141 Å². The normalized spacial score (nSPS) is 19.2. The van der Waals surface area contributed by atoms with Crippen molar-refractivity contribution < 1.29 is 4.39 Å². The van der Waals surface area contributed by atoms with Crippen LogP contribution >= 0.6 is 11.3 Å². The van der Waals surface area contributed by atoms with E-state index in [4.69, 9.17) is 4.98 Å². The Morgan fingerprint density at radius 2 is 2.13 bits per heavy atom. The lowest BCUT2D eigenvalue weighted by atomic mass is 10.1. The van der Waals surface area contributed by atoms with Crippen LogP contribution in [0, 0.1) is 5.82 Å². The van der Waals surface area contributed by atoms with Crippen LogP contribution in [0.3, 0.4) is 0 Å². The molecule has 1 aromatic heterocycles. The van der Waals surface area contributed by atoms with Crippen LogP contribution in [0.2, 0.25) is 0 Å². The molecule has 124 valence electrons. The molecule has 0 bridgehead atoms. The highest BCUT2D eigenvalue weighted by molar-refractivity contribution is 7.09. The Balaban J connectivity index is 1.56. The van der Waals surface area contributed by atoms with Gasteiger partial charge in [0.2, 0.25) is 0 Å². The van der Waals surface area contributed by atoms with Crippen LogP contribution < -0.4 is 5.32 Å². The van der Waals surface area contributed by atoms with Gasteiger partial charge in [-0.2, -0.15) is 0 Å². The second kappa shape index (κ2) is 7.41. The molecule has 0 saturated carbocycles. The van der Waals surface area contributed by atoms with E-state index in [1.165, 1.54) is 29.3 Å². The molecule has 1 aliphatic rings. The Hall–Kier alpha value is -1.46. The van der Waals surface area contributed by atoms with E-state index in [9.17, 15) is 4.39 Å². The Kier molecular flexibility index (Phi) is 5.28. The Morgan fingerprint density at radius 3 is 2.83 bits per heavy atom. The quantitative estimate of drug-likeness (QED) is 0.874. The van der Waals surface area contributed by atoms with Gasteiger partial charge in [-0.1, -0.05) is 13.8 Å². The molecule has 5 heteroatoms. The number of rotatable bonds is 5. The average molecular weight is 333 g/mol. The molecule has 0 spiro atoms. The first-order valence-electron chi connectivity index (χ1n) is 8.29. The van der Waals surface area contributed by atoms with E-state index in [2.05, 4.69) is 29.4 Å². The molecule has 0 aliphatic carbocycles. The summed E-state index contributed by atoms with van der Waals surface area (Å²) >= 11 is 1.76. The molecule has 3 nitrogen and oxygen atoms in total. The zero-order valence-electron chi connectivity index (χ0n) is 13.8. The molecular weight excluding hydrogens is 309 g/mol. The van der Waals surface area contributed by atoms with Crippen LogP contribution in [-0.2, 0) is 6.54 Å². The fourth-order valence-electron chi connectivity index (χ4n) is 2.95. The van der Waals surface area contributed by atoms with Gasteiger partial charge in [0.15, 0.2) is 0 Å². The number of aromatic nitrogens is 1. The van der Waals surface area contributed by atoms with Crippen molar-refractivity contribution in [2.24, 2.45) is 0 Å². The van der Waals surface area contributed by atoms with Crippen molar-refractivity contribution in [1.82, 2.24) is 9.88 Å². The summed E-state index contributed by atoms with van der Waals surface area (Å²) in [5.74, 6) is 0.305. The maximum Gasteiger partial charge on any atom is 0.123 e. The maximum absolute atomic E-state index is 13.0. The predicted octanol–water partition coefficient (Wildman–Crippen LogP) is 4.48.